The molecule has 0 fully saturated rings. The van der Waals surface area contributed by atoms with Crippen molar-refractivity contribution in [1.29, 1.82) is 0 Å². The lowest BCUT2D eigenvalue weighted by molar-refractivity contribution is -0.540. The maximum absolute atomic E-state index is 4.49. The maximum Gasteiger partial charge on any atom is 0.289 e. The summed E-state index contributed by atoms with van der Waals surface area (Å²) in [5.74, 6) is 0.507. The monoisotopic (exact) mass is 202 g/mol. The lowest BCUT2D eigenvalue weighted by Crippen LogP contribution is -2.21. The van der Waals surface area contributed by atoms with Gasteiger partial charge >= 0.3 is 0 Å². The van der Waals surface area contributed by atoms with Crippen molar-refractivity contribution >= 4 is 11.9 Å². The Morgan fingerprint density at radius 1 is 1.33 bits per heavy atom. The molecule has 2 rings (SSSR count). The molecule has 0 saturated heterocycles. The molecule has 2 heterocycles. The van der Waals surface area contributed by atoms with Crippen LogP contribution < -0.4 is 0 Å². The van der Waals surface area contributed by atoms with Gasteiger partial charge in [0.05, 0.1) is 6.21 Å². The Labute approximate surface area is 90.2 Å². The smallest absolute Gasteiger partial charge is 0.252 e. The second-order valence-electron chi connectivity index (χ2n) is 4.10. The van der Waals surface area contributed by atoms with Gasteiger partial charge in [0.25, 0.3) is 6.17 Å². The van der Waals surface area contributed by atoms with Crippen molar-refractivity contribution in [3.63, 3.8) is 0 Å². The summed E-state index contributed by atoms with van der Waals surface area (Å²) >= 11 is 0. The molecule has 0 N–H and O–H groups in total. The summed E-state index contributed by atoms with van der Waals surface area (Å²) in [5.41, 5.74) is 2.28. The highest BCUT2D eigenvalue weighted by atomic mass is 15.2. The Morgan fingerprint density at radius 2 is 2.13 bits per heavy atom. The molecule has 0 radical (unpaired) electrons. The molecule has 78 valence electrons. The number of aliphatic imine (C=N–C) groups is 1. The van der Waals surface area contributed by atoms with Crippen molar-refractivity contribution in [3.8, 4) is 0 Å². The Bertz CT molecular complexity index is 404. The quantitative estimate of drug-likeness (QED) is 0.673. The highest BCUT2D eigenvalue weighted by Gasteiger charge is 2.29. The number of nitrogens with zero attached hydrogens (tertiary/aromatic N) is 3. The Kier molecular flexibility index (Phi) is 2.62. The van der Waals surface area contributed by atoms with Gasteiger partial charge in [-0.3, -0.25) is 4.98 Å². The van der Waals surface area contributed by atoms with Crippen LogP contribution in [0.25, 0.3) is 0 Å². The van der Waals surface area contributed by atoms with E-state index in [-0.39, 0.29) is 6.17 Å². The van der Waals surface area contributed by atoms with Crippen LogP contribution in [0.2, 0.25) is 0 Å². The molecular weight excluding hydrogens is 186 g/mol. The van der Waals surface area contributed by atoms with Crippen LogP contribution in [-0.2, 0) is 0 Å². The number of aromatic nitrogens is 1. The SMILES string of the molecule is CC(C)C1=[N+](C)C(c2ccccn2)N=C1. The van der Waals surface area contributed by atoms with Crippen LogP contribution >= 0.6 is 0 Å². The first-order chi connectivity index (χ1) is 7.20. The van der Waals surface area contributed by atoms with Crippen molar-refractivity contribution in [2.24, 2.45) is 10.9 Å². The third-order valence-electron chi connectivity index (χ3n) is 2.67. The van der Waals surface area contributed by atoms with Gasteiger partial charge < -0.3 is 0 Å². The molecule has 0 bridgehead atoms. The van der Waals surface area contributed by atoms with Gasteiger partial charge in [-0.05, 0) is 12.1 Å². The van der Waals surface area contributed by atoms with Gasteiger partial charge in [-0.15, -0.1) is 0 Å². The first-order valence-electron chi connectivity index (χ1n) is 5.24. The molecular formula is C12H16N3+. The second-order valence-corrected chi connectivity index (χ2v) is 4.10. The largest absolute Gasteiger partial charge is 0.289 e. The van der Waals surface area contributed by atoms with Gasteiger partial charge in [-0.25, -0.2) is 9.57 Å². The lowest BCUT2D eigenvalue weighted by atomic mass is 10.1. The van der Waals surface area contributed by atoms with Crippen LogP contribution in [0, 0.1) is 5.92 Å². The van der Waals surface area contributed by atoms with Crippen molar-refractivity contribution < 1.29 is 4.58 Å². The fourth-order valence-electron chi connectivity index (χ4n) is 1.84. The minimum Gasteiger partial charge on any atom is -0.252 e. The van der Waals surface area contributed by atoms with Crippen LogP contribution in [-0.4, -0.2) is 28.5 Å². The molecule has 1 aliphatic heterocycles. The van der Waals surface area contributed by atoms with Crippen LogP contribution in [0.15, 0.2) is 29.4 Å². The zero-order chi connectivity index (χ0) is 10.8. The number of hydrogen-bond acceptors (Lipinski definition) is 2. The molecule has 0 aliphatic carbocycles. The van der Waals surface area contributed by atoms with Crippen LogP contribution in [0.4, 0.5) is 0 Å². The van der Waals surface area contributed by atoms with E-state index < -0.39 is 0 Å². The Morgan fingerprint density at radius 3 is 2.67 bits per heavy atom. The third-order valence-corrected chi connectivity index (χ3v) is 2.67. The Balaban J connectivity index is 2.33. The molecule has 1 aliphatic rings. The highest BCUT2D eigenvalue weighted by Crippen LogP contribution is 2.19. The number of pyridine rings is 1. The molecule has 1 aromatic heterocycles. The molecule has 0 aromatic carbocycles. The molecule has 1 aromatic rings. The van der Waals surface area contributed by atoms with Crippen molar-refractivity contribution in [3.05, 3.63) is 30.1 Å². The summed E-state index contributed by atoms with van der Waals surface area (Å²) in [4.78, 5) is 8.83. The lowest BCUT2D eigenvalue weighted by Gasteiger charge is -2.05. The van der Waals surface area contributed by atoms with Gasteiger partial charge in [0, 0.05) is 12.1 Å². The molecule has 0 spiro atoms. The van der Waals surface area contributed by atoms with E-state index in [2.05, 4.69) is 35.4 Å². The van der Waals surface area contributed by atoms with Gasteiger partial charge in [-0.2, -0.15) is 0 Å². The van der Waals surface area contributed by atoms with E-state index >= 15 is 0 Å². The summed E-state index contributed by atoms with van der Waals surface area (Å²) < 4.78 is 2.19. The predicted octanol–water partition coefficient (Wildman–Crippen LogP) is 1.90. The van der Waals surface area contributed by atoms with Crippen molar-refractivity contribution in [2.75, 3.05) is 7.05 Å². The average Bonchev–Trinajstić information content (AvgIpc) is 2.61. The van der Waals surface area contributed by atoms with Gasteiger partial charge in [0.1, 0.15) is 12.7 Å². The molecule has 0 amide bonds. The molecule has 1 unspecified atom stereocenters. The summed E-state index contributed by atoms with van der Waals surface area (Å²) in [5, 5.41) is 0. The molecule has 1 atom stereocenters. The average molecular weight is 202 g/mol. The highest BCUT2D eigenvalue weighted by molar-refractivity contribution is 6.29. The van der Waals surface area contributed by atoms with E-state index in [0.717, 1.165) is 5.69 Å². The second kappa shape index (κ2) is 3.93. The topological polar surface area (TPSA) is 28.3 Å². The van der Waals surface area contributed by atoms with Crippen molar-refractivity contribution in [2.45, 2.75) is 20.0 Å². The third kappa shape index (κ3) is 1.82. The predicted molar refractivity (Wildman–Crippen MR) is 61.5 cm³/mol. The van der Waals surface area contributed by atoms with Crippen LogP contribution in [0.1, 0.15) is 25.7 Å². The van der Waals surface area contributed by atoms with Crippen molar-refractivity contribution in [1.82, 2.24) is 4.98 Å². The van der Waals surface area contributed by atoms with Gasteiger partial charge in [-0.1, -0.05) is 19.9 Å². The first kappa shape index (κ1) is 10.0. The zero-order valence-electron chi connectivity index (χ0n) is 9.38. The van der Waals surface area contributed by atoms with E-state index in [9.17, 15) is 0 Å². The molecule has 3 heteroatoms. The fraction of sp³-hybridized carbons (Fsp3) is 0.417. The normalized spacial score (nSPS) is 20.4. The van der Waals surface area contributed by atoms with E-state index in [0.29, 0.717) is 5.92 Å². The maximum atomic E-state index is 4.49. The zero-order valence-corrected chi connectivity index (χ0v) is 9.38. The number of hydrogen-bond donors (Lipinski definition) is 0. The van der Waals surface area contributed by atoms with Gasteiger partial charge in [0.15, 0.2) is 5.71 Å². The fourth-order valence-corrected chi connectivity index (χ4v) is 1.84. The minimum atomic E-state index is 0.0589. The standard InChI is InChI=1S/C12H16N3/c1-9(2)11-8-14-12(15(11)3)10-6-4-5-7-13-10/h4-9,12H,1-3H3/q+1. The van der Waals surface area contributed by atoms with Crippen LogP contribution in [0.5, 0.6) is 0 Å². The summed E-state index contributed by atoms with van der Waals surface area (Å²) in [6, 6.07) is 5.94. The summed E-state index contributed by atoms with van der Waals surface area (Å²) in [6.45, 7) is 4.36. The summed E-state index contributed by atoms with van der Waals surface area (Å²) in [6.07, 6.45) is 3.83. The number of rotatable bonds is 2. The Hall–Kier alpha value is -1.51. The first-order valence-corrected chi connectivity index (χ1v) is 5.24. The van der Waals surface area contributed by atoms with Gasteiger partial charge in [0.2, 0.25) is 0 Å². The van der Waals surface area contributed by atoms with E-state index in [4.69, 9.17) is 0 Å². The van der Waals surface area contributed by atoms with Crippen LogP contribution in [0.3, 0.4) is 0 Å². The van der Waals surface area contributed by atoms with E-state index in [1.807, 2.05) is 30.6 Å². The van der Waals surface area contributed by atoms with E-state index in [1.54, 1.807) is 0 Å². The molecule has 0 saturated carbocycles. The molecule has 15 heavy (non-hydrogen) atoms. The van der Waals surface area contributed by atoms with E-state index in [1.165, 1.54) is 5.71 Å². The minimum absolute atomic E-state index is 0.0589. The summed E-state index contributed by atoms with van der Waals surface area (Å²) in [7, 11) is 2.07. The molecule has 3 nitrogen and oxygen atoms in total.